The molecule has 0 bridgehead atoms. The first-order valence-electron chi connectivity index (χ1n) is 14.0. The molecule has 14 heteroatoms. The van der Waals surface area contributed by atoms with E-state index < -0.39 is 47.3 Å². The summed E-state index contributed by atoms with van der Waals surface area (Å²) in [6.45, 7) is -0.349. The van der Waals surface area contributed by atoms with Crippen LogP contribution < -0.4 is 22.1 Å². The first-order valence-corrected chi connectivity index (χ1v) is 14.0. The van der Waals surface area contributed by atoms with Gasteiger partial charge in [0.05, 0.1) is 12.3 Å². The molecular weight excluding hydrogens is 582 g/mol. The van der Waals surface area contributed by atoms with Crippen molar-refractivity contribution in [1.82, 2.24) is 15.5 Å². The molecule has 3 aromatic carbocycles. The Balaban J connectivity index is 1.92. The van der Waals surface area contributed by atoms with E-state index in [1.807, 2.05) is 60.7 Å². The lowest BCUT2D eigenvalue weighted by atomic mass is 9.89. The number of rotatable bonds is 16. The minimum absolute atomic E-state index is 0.00640. The summed E-state index contributed by atoms with van der Waals surface area (Å²) < 4.78 is 0. The van der Waals surface area contributed by atoms with Crippen molar-refractivity contribution in [3.05, 3.63) is 117 Å². The summed E-state index contributed by atoms with van der Waals surface area (Å²) in [5, 5.41) is 26.3. The Kier molecular flexibility index (Phi) is 12.5. The summed E-state index contributed by atoms with van der Waals surface area (Å²) in [5.41, 5.74) is 14.1. The molecule has 45 heavy (non-hydrogen) atoms. The van der Waals surface area contributed by atoms with E-state index in [0.29, 0.717) is 11.1 Å². The molecular formula is C31H35N7O7. The van der Waals surface area contributed by atoms with E-state index in [4.69, 9.17) is 16.6 Å². The Morgan fingerprint density at radius 2 is 1.42 bits per heavy atom. The van der Waals surface area contributed by atoms with Crippen LogP contribution in [0.4, 0.5) is 0 Å². The number of nitro groups is 1. The number of aliphatic carboxylic acids is 1. The number of amides is 3. The number of hydrogen-bond acceptors (Lipinski definition) is 6. The largest absolute Gasteiger partial charge is 0.480 e. The minimum Gasteiger partial charge on any atom is -0.480 e. The van der Waals surface area contributed by atoms with Gasteiger partial charge < -0.3 is 32.1 Å². The van der Waals surface area contributed by atoms with Crippen LogP contribution in [0.5, 0.6) is 0 Å². The van der Waals surface area contributed by atoms with Crippen LogP contribution in [-0.4, -0.2) is 63.8 Å². The first kappa shape index (κ1) is 33.7. The highest BCUT2D eigenvalue weighted by Gasteiger charge is 2.34. The Hall–Kier alpha value is -5.79. The van der Waals surface area contributed by atoms with Crippen LogP contribution in [0.3, 0.4) is 0 Å². The Labute approximate surface area is 259 Å². The van der Waals surface area contributed by atoms with E-state index in [1.54, 1.807) is 24.3 Å². The Bertz CT molecular complexity index is 1460. The van der Waals surface area contributed by atoms with Crippen molar-refractivity contribution < 1.29 is 29.3 Å². The minimum atomic E-state index is -1.15. The molecule has 0 radical (unpaired) electrons. The van der Waals surface area contributed by atoms with Gasteiger partial charge in [-0.1, -0.05) is 84.9 Å². The zero-order valence-corrected chi connectivity index (χ0v) is 24.4. The van der Waals surface area contributed by atoms with E-state index in [2.05, 4.69) is 15.7 Å². The van der Waals surface area contributed by atoms with Crippen molar-refractivity contribution in [3.63, 3.8) is 0 Å². The third kappa shape index (κ3) is 10.8. The van der Waals surface area contributed by atoms with Gasteiger partial charge in [-0.05, 0) is 35.1 Å². The summed E-state index contributed by atoms with van der Waals surface area (Å²) >= 11 is 0. The molecule has 1 atom stereocenters. The molecule has 0 aliphatic rings. The third-order valence-corrected chi connectivity index (χ3v) is 6.83. The summed E-state index contributed by atoms with van der Waals surface area (Å²) in [6, 6.07) is 24.0. The van der Waals surface area contributed by atoms with Gasteiger partial charge in [-0.2, -0.15) is 0 Å². The number of benzene rings is 3. The van der Waals surface area contributed by atoms with Gasteiger partial charge >= 0.3 is 5.97 Å². The van der Waals surface area contributed by atoms with Crippen LogP contribution >= 0.6 is 0 Å². The molecule has 7 N–H and O–H groups in total. The maximum absolute atomic E-state index is 14.5. The number of nitrogens with two attached hydrogens (primary N) is 2. The number of nitrogens with one attached hydrogen (secondary N) is 2. The average molecular weight is 618 g/mol. The lowest BCUT2D eigenvalue weighted by molar-refractivity contribution is -0.485. The fourth-order valence-electron chi connectivity index (χ4n) is 4.74. The maximum Gasteiger partial charge on any atom is 0.322 e. The normalized spacial score (nSPS) is 11.8. The number of carbonyl (C=O) groups excluding carboxylic acids is 3. The van der Waals surface area contributed by atoms with E-state index >= 15 is 0 Å². The number of carboxylic acids is 1. The molecule has 3 rings (SSSR count). The number of carboxylic acid groups (broad SMARTS) is 1. The zero-order valence-electron chi connectivity index (χ0n) is 24.4. The molecule has 236 valence electrons. The second kappa shape index (κ2) is 16.7. The molecule has 0 spiro atoms. The molecule has 3 amide bonds. The number of hydrogen-bond donors (Lipinski definition) is 5. The first-order chi connectivity index (χ1) is 21.5. The van der Waals surface area contributed by atoms with E-state index in [9.17, 15) is 29.3 Å². The molecule has 0 aliphatic heterocycles. The third-order valence-electron chi connectivity index (χ3n) is 6.83. The van der Waals surface area contributed by atoms with Crippen molar-refractivity contribution in [3.8, 4) is 0 Å². The number of guanidine groups is 1. The smallest absolute Gasteiger partial charge is 0.322 e. The van der Waals surface area contributed by atoms with Gasteiger partial charge in [0.15, 0.2) is 5.03 Å². The molecule has 0 saturated carbocycles. The van der Waals surface area contributed by atoms with Crippen LogP contribution in [0.25, 0.3) is 0 Å². The summed E-state index contributed by atoms with van der Waals surface area (Å²) in [5.74, 6) is -3.86. The van der Waals surface area contributed by atoms with Crippen molar-refractivity contribution in [2.75, 3.05) is 13.1 Å². The highest BCUT2D eigenvalue weighted by atomic mass is 16.7. The molecule has 3 aromatic rings. The fourth-order valence-corrected chi connectivity index (χ4v) is 4.74. The van der Waals surface area contributed by atoms with Gasteiger partial charge in [0.25, 0.3) is 5.96 Å². The number of primary amides is 1. The summed E-state index contributed by atoms with van der Waals surface area (Å²) in [4.78, 5) is 62.1. The lowest BCUT2D eigenvalue weighted by Crippen LogP contribution is -2.49. The van der Waals surface area contributed by atoms with Crippen LogP contribution in [0.2, 0.25) is 0 Å². The molecule has 0 fully saturated rings. The fraction of sp³-hybridized carbons (Fsp3) is 0.258. The predicted molar refractivity (Wildman–Crippen MR) is 165 cm³/mol. The number of carbonyl (C=O) groups is 4. The zero-order chi connectivity index (χ0) is 32.8. The number of nitrogens with zero attached hydrogens (tertiary/aromatic N) is 3. The molecule has 0 aromatic heterocycles. The van der Waals surface area contributed by atoms with Crippen molar-refractivity contribution in [1.29, 1.82) is 0 Å². The Morgan fingerprint density at radius 1 is 0.867 bits per heavy atom. The highest BCUT2D eigenvalue weighted by Crippen LogP contribution is 2.29. The summed E-state index contributed by atoms with van der Waals surface area (Å²) in [7, 11) is 0. The maximum atomic E-state index is 14.5. The van der Waals surface area contributed by atoms with E-state index in [-0.39, 0.29) is 38.3 Å². The molecule has 14 nitrogen and oxygen atoms in total. The van der Waals surface area contributed by atoms with Crippen LogP contribution in [0, 0.1) is 10.1 Å². The predicted octanol–water partition coefficient (Wildman–Crippen LogP) is 1.32. The Morgan fingerprint density at radius 3 is 1.93 bits per heavy atom. The van der Waals surface area contributed by atoms with Gasteiger partial charge in [0.2, 0.25) is 17.7 Å². The van der Waals surface area contributed by atoms with Crippen molar-refractivity contribution >= 4 is 29.7 Å². The topological polar surface area (TPSA) is 223 Å². The second-order valence-corrected chi connectivity index (χ2v) is 10.1. The molecule has 0 heterocycles. The number of hydrazone groups is 1. The van der Waals surface area contributed by atoms with Gasteiger partial charge in [-0.15, -0.1) is 0 Å². The second-order valence-electron chi connectivity index (χ2n) is 10.1. The van der Waals surface area contributed by atoms with Gasteiger partial charge in [-0.3, -0.25) is 19.2 Å². The van der Waals surface area contributed by atoms with Crippen molar-refractivity contribution in [2.24, 2.45) is 16.6 Å². The van der Waals surface area contributed by atoms with Crippen LogP contribution in [0.1, 0.15) is 41.0 Å². The summed E-state index contributed by atoms with van der Waals surface area (Å²) in [6.07, 6.45) is 0.356. The monoisotopic (exact) mass is 617 g/mol. The lowest BCUT2D eigenvalue weighted by Gasteiger charge is -2.33. The van der Waals surface area contributed by atoms with Gasteiger partial charge in [0.1, 0.15) is 17.7 Å². The van der Waals surface area contributed by atoms with E-state index in [0.717, 1.165) is 11.1 Å². The molecule has 0 aliphatic carbocycles. The quantitative estimate of drug-likeness (QED) is 0.0513. The standard InChI is InChI=1S/C31H35N7O7/c32-29(42)25(12-7-17-34-31(33)36-38(44)45)37(20-22-15-13-21(14-16-22)18-26(39)35-19-27(40)41)30(43)28(23-8-3-1-4-9-23)24-10-5-2-6-11-24/h1-6,8-11,13-16,25,28H,7,12,17-20H2,(H2,32,42)(H,35,39)(H,40,41)(H3,33,34,36)/t25-/m1/s1. The molecule has 0 saturated heterocycles. The van der Waals surface area contributed by atoms with E-state index in [1.165, 1.54) is 4.90 Å². The van der Waals surface area contributed by atoms with Gasteiger partial charge in [0, 0.05) is 13.1 Å². The van der Waals surface area contributed by atoms with Gasteiger partial charge in [-0.25, -0.2) is 10.1 Å². The highest BCUT2D eigenvalue weighted by molar-refractivity contribution is 5.92. The SMILES string of the molecule is NC(=O)[C@@H](CCCNC(N)=N[N+](=O)[O-])N(Cc1ccc(CC(=O)NCC(=O)O)cc1)C(=O)C(c1ccccc1)c1ccccc1. The van der Waals surface area contributed by atoms with Crippen LogP contribution in [0.15, 0.2) is 90.0 Å². The average Bonchev–Trinajstić information content (AvgIpc) is 3.00. The van der Waals surface area contributed by atoms with Crippen LogP contribution in [-0.2, 0) is 32.1 Å². The molecule has 0 unspecified atom stereocenters. The van der Waals surface area contributed by atoms with Crippen molar-refractivity contribution in [2.45, 2.75) is 37.8 Å².